The molecule has 6 heterocycles. The molecule has 0 spiro atoms. The summed E-state index contributed by atoms with van der Waals surface area (Å²) in [6, 6.07) is 27.0. The maximum absolute atomic E-state index is 13.8. The molecule has 4 aromatic carbocycles. The number of benzene rings is 4. The molecule has 0 aliphatic carbocycles. The minimum Gasteiger partial charge on any atom is -0.493 e. The second kappa shape index (κ2) is 21.4. The Bertz CT molecular complexity index is 3340. The van der Waals surface area contributed by atoms with Gasteiger partial charge < -0.3 is 20.1 Å². The van der Waals surface area contributed by atoms with Gasteiger partial charge in [-0.1, -0.05) is 68.5 Å². The third-order valence-corrected chi connectivity index (χ3v) is 15.8. The van der Waals surface area contributed by atoms with E-state index in [-0.39, 0.29) is 35.7 Å². The van der Waals surface area contributed by atoms with Crippen LogP contribution in [0.25, 0.3) is 32.2 Å². The molecule has 10 rings (SSSR count). The Kier molecular flexibility index (Phi) is 14.5. The molecule has 2 fully saturated rings. The van der Waals surface area contributed by atoms with E-state index < -0.39 is 17.3 Å². The summed E-state index contributed by atoms with van der Waals surface area (Å²) in [4.78, 5) is 78.5. The van der Waals surface area contributed by atoms with Crippen LogP contribution in [-0.4, -0.2) is 92.1 Å². The van der Waals surface area contributed by atoms with Crippen molar-refractivity contribution in [2.24, 2.45) is 13.0 Å². The van der Waals surface area contributed by atoms with Crippen LogP contribution < -0.4 is 25.6 Å². The molecule has 0 saturated carbocycles. The highest BCUT2D eigenvalue weighted by Crippen LogP contribution is 2.42. The number of fused-ring (bicyclic) bond motifs is 3. The largest absolute Gasteiger partial charge is 0.493 e. The molecule has 2 atom stereocenters. The first-order valence-electron chi connectivity index (χ1n) is 25.9. The van der Waals surface area contributed by atoms with E-state index in [1.165, 1.54) is 11.3 Å². The summed E-state index contributed by atoms with van der Waals surface area (Å²) in [6.45, 7) is 11.7. The van der Waals surface area contributed by atoms with Crippen LogP contribution in [0.4, 0.5) is 16.6 Å². The van der Waals surface area contributed by atoms with E-state index in [9.17, 15) is 29.1 Å². The van der Waals surface area contributed by atoms with Crippen molar-refractivity contribution in [3.05, 3.63) is 124 Å². The number of aromatic nitrogens is 4. The van der Waals surface area contributed by atoms with Gasteiger partial charge in [0.1, 0.15) is 11.6 Å². The zero-order valence-corrected chi connectivity index (χ0v) is 43.9. The molecule has 3 aromatic heterocycles. The minimum absolute atomic E-state index is 0.0300. The van der Waals surface area contributed by atoms with Crippen LogP contribution in [0.2, 0.25) is 0 Å². The number of nitrogens with zero attached hydrogens (tertiary/aromatic N) is 6. The molecule has 75 heavy (non-hydrogen) atoms. The summed E-state index contributed by atoms with van der Waals surface area (Å²) < 4.78 is 9.15. The molecule has 3 aliphatic rings. The van der Waals surface area contributed by atoms with Gasteiger partial charge in [0.05, 0.1) is 40.5 Å². The van der Waals surface area contributed by atoms with E-state index in [1.54, 1.807) is 4.68 Å². The van der Waals surface area contributed by atoms with Gasteiger partial charge in [-0.2, -0.15) is 5.10 Å². The number of aryl methyl sites for hydroxylation is 1. The molecule has 7 aromatic rings. The number of thiazole rings is 1. The quantitative estimate of drug-likeness (QED) is 0.0561. The highest BCUT2D eigenvalue weighted by Gasteiger charge is 2.33. The van der Waals surface area contributed by atoms with Gasteiger partial charge in [0.25, 0.3) is 5.91 Å². The van der Waals surface area contributed by atoms with Gasteiger partial charge in [-0.25, -0.2) is 14.8 Å². The fourth-order valence-electron chi connectivity index (χ4n) is 11.1. The number of carbonyl (C=O) groups excluding carboxylic acids is 4. The highest BCUT2D eigenvalue weighted by atomic mass is 32.1. The minimum atomic E-state index is -1.12. The molecule has 4 amide bonds. The molecule has 388 valence electrons. The number of carbonyl (C=O) groups is 5. The van der Waals surface area contributed by atoms with E-state index in [4.69, 9.17) is 9.72 Å². The van der Waals surface area contributed by atoms with Crippen LogP contribution >= 0.6 is 11.3 Å². The van der Waals surface area contributed by atoms with E-state index in [2.05, 4.69) is 56.6 Å². The summed E-state index contributed by atoms with van der Waals surface area (Å²) >= 11 is 1.43. The van der Waals surface area contributed by atoms with Gasteiger partial charge in [-0.3, -0.25) is 39.4 Å². The second-order valence-electron chi connectivity index (χ2n) is 21.2. The lowest BCUT2D eigenvalue weighted by Crippen LogP contribution is -2.40. The number of para-hydroxylation sites is 1. The summed E-state index contributed by atoms with van der Waals surface area (Å²) in [5.41, 5.74) is 7.96. The predicted molar refractivity (Wildman–Crippen MR) is 292 cm³/mol. The van der Waals surface area contributed by atoms with Crippen LogP contribution in [0, 0.1) is 12.8 Å². The topological polar surface area (TPSA) is 201 Å². The molecule has 1 unspecified atom stereocenters. The molecule has 2 saturated heterocycles. The SMILES string of the molecule is Cc1c(OCCCC[C@@H]2CCCN(CC(=O)Nc3ccc4c(C5CCC(=O)NC5=O)nn(C)c4c3)C2)cccc1-c1c(C(C)(C)C)cc(N2CCc3cccc(C(=O)Nc4nc5ccccc5s4)c3C2)nc1C(=O)O. The van der Waals surface area contributed by atoms with Crippen molar-refractivity contribution < 1.29 is 33.8 Å². The average Bonchev–Trinajstić information content (AvgIpc) is 3.94. The van der Waals surface area contributed by atoms with Crippen LogP contribution in [0.3, 0.4) is 0 Å². The Morgan fingerprint density at radius 2 is 1.75 bits per heavy atom. The summed E-state index contributed by atoms with van der Waals surface area (Å²) in [6.07, 6.45) is 6.31. The number of aromatic carboxylic acids is 1. The predicted octanol–water partition coefficient (Wildman–Crippen LogP) is 9.78. The first-order valence-corrected chi connectivity index (χ1v) is 26.8. The lowest BCUT2D eigenvalue weighted by atomic mass is 9.80. The van der Waals surface area contributed by atoms with Crippen molar-refractivity contribution in [3.63, 3.8) is 0 Å². The third kappa shape index (κ3) is 11.0. The van der Waals surface area contributed by atoms with E-state index in [0.29, 0.717) is 84.2 Å². The number of piperidine rings is 2. The number of pyridine rings is 1. The zero-order valence-electron chi connectivity index (χ0n) is 43.1. The first-order chi connectivity index (χ1) is 36.1. The molecule has 17 heteroatoms. The van der Waals surface area contributed by atoms with Crippen molar-refractivity contribution >= 4 is 78.7 Å². The monoisotopic (exact) mass is 1030 g/mol. The van der Waals surface area contributed by atoms with Crippen LogP contribution in [0.5, 0.6) is 5.75 Å². The van der Waals surface area contributed by atoms with Crippen LogP contribution in [0.15, 0.2) is 84.9 Å². The van der Waals surface area contributed by atoms with Crippen LogP contribution in [-0.2, 0) is 39.8 Å². The average molecular weight is 1030 g/mol. The Labute approximate surface area is 439 Å². The fourth-order valence-corrected chi connectivity index (χ4v) is 11.9. The summed E-state index contributed by atoms with van der Waals surface area (Å²) in [5, 5.41) is 25.3. The number of hydrogen-bond donors (Lipinski definition) is 4. The molecule has 3 aliphatic heterocycles. The molecule has 16 nitrogen and oxygen atoms in total. The fraction of sp³-hybridized carbons (Fsp3) is 0.379. The van der Waals surface area contributed by atoms with Gasteiger partial charge in [-0.05, 0) is 146 Å². The van der Waals surface area contributed by atoms with Crippen molar-refractivity contribution in [1.82, 2.24) is 30.0 Å². The molecule has 0 bridgehead atoms. The van der Waals surface area contributed by atoms with Crippen molar-refractivity contribution in [2.45, 2.75) is 96.9 Å². The number of hydrogen-bond acceptors (Lipinski definition) is 12. The third-order valence-electron chi connectivity index (χ3n) is 14.9. The van der Waals surface area contributed by atoms with Gasteiger partial charge >= 0.3 is 5.97 Å². The number of anilines is 3. The number of carboxylic acids is 1. The number of carboxylic acid groups (broad SMARTS) is 1. The van der Waals surface area contributed by atoms with Crippen molar-refractivity contribution in [3.8, 4) is 16.9 Å². The van der Waals surface area contributed by atoms with E-state index in [1.807, 2.05) is 98.9 Å². The molecule has 4 N–H and O–H groups in total. The zero-order chi connectivity index (χ0) is 52.5. The number of ether oxygens (including phenoxy) is 1. The standard InChI is InChI=1S/C58H63N9O7S/c1-34-38(51-43(58(2,3)4)30-48(61-53(51)56(72)73)67-27-25-36-15-10-17-39(42(36)32-67)54(70)63-57-60-44-18-6-7-20-47(44)75-57)16-11-19-46(34)74-28-9-8-13-35-14-12-26-66(31-35)33-50(69)59-37-21-22-40-45(29-37)65(5)64-52(40)41-23-24-49(68)62-55(41)71/h6-7,10-11,15-22,29-30,35,41H,8-9,12-14,23-28,31-33H2,1-5H3,(H,59,69)(H,72,73)(H,60,63,70)(H,62,68,71)/t35-,41?/m1/s1. The highest BCUT2D eigenvalue weighted by molar-refractivity contribution is 7.22. The normalized spacial score (nSPS) is 17.2. The lowest BCUT2D eigenvalue weighted by Gasteiger charge is -2.33. The molecular weight excluding hydrogens is 967 g/mol. The molecule has 0 radical (unpaired) electrons. The van der Waals surface area contributed by atoms with Crippen molar-refractivity contribution in [2.75, 3.05) is 48.3 Å². The number of nitrogens with one attached hydrogen (secondary N) is 3. The van der Waals surface area contributed by atoms with Gasteiger partial charge in [0, 0.05) is 55.3 Å². The van der Waals surface area contributed by atoms with Gasteiger partial charge in [0.15, 0.2) is 10.8 Å². The number of likely N-dealkylation sites (tertiary alicyclic amines) is 1. The first kappa shape index (κ1) is 51.0. The number of imide groups is 1. The second-order valence-corrected chi connectivity index (χ2v) is 22.2. The summed E-state index contributed by atoms with van der Waals surface area (Å²) in [5.74, 6) is -0.830. The van der Waals surface area contributed by atoms with E-state index >= 15 is 0 Å². The number of amides is 4. The number of unbranched alkanes of at least 4 members (excludes halogenated alkanes) is 1. The Morgan fingerprint density at radius 3 is 2.55 bits per heavy atom. The molecular formula is C58H63N9O7S. The van der Waals surface area contributed by atoms with Gasteiger partial charge in [0.2, 0.25) is 17.7 Å². The van der Waals surface area contributed by atoms with Gasteiger partial charge in [-0.15, -0.1) is 0 Å². The van der Waals surface area contributed by atoms with Crippen LogP contribution in [0.1, 0.15) is 120 Å². The maximum Gasteiger partial charge on any atom is 0.355 e. The Morgan fingerprint density at radius 1 is 0.920 bits per heavy atom. The maximum atomic E-state index is 13.8. The van der Waals surface area contributed by atoms with E-state index in [0.717, 1.165) is 94.1 Å². The van der Waals surface area contributed by atoms with Crippen molar-refractivity contribution in [1.29, 1.82) is 0 Å². The Hall–Kier alpha value is -7.50. The summed E-state index contributed by atoms with van der Waals surface area (Å²) in [7, 11) is 1.81. The Balaban J connectivity index is 0.757. The smallest absolute Gasteiger partial charge is 0.355 e. The lowest BCUT2D eigenvalue weighted by molar-refractivity contribution is -0.134. The number of rotatable bonds is 15.